The molecule has 3 N–H and O–H groups in total. The predicted octanol–water partition coefficient (Wildman–Crippen LogP) is 18.2. The number of esters is 1. The Hall–Kier alpha value is -1.66. The van der Waals surface area contributed by atoms with Crippen molar-refractivity contribution in [2.75, 3.05) is 13.2 Å². The first-order valence-corrected chi connectivity index (χ1v) is 29.6. The zero-order chi connectivity index (χ0) is 47.9. The van der Waals surface area contributed by atoms with Gasteiger partial charge in [-0.15, -0.1) is 0 Å². The third-order valence-electron chi connectivity index (χ3n) is 13.7. The van der Waals surface area contributed by atoms with Gasteiger partial charge in [0.15, 0.2) is 0 Å². The lowest BCUT2D eigenvalue weighted by Crippen LogP contribution is -2.45. The second kappa shape index (κ2) is 55.9. The Morgan fingerprint density at radius 2 is 0.712 bits per heavy atom. The fourth-order valence-electron chi connectivity index (χ4n) is 9.16. The van der Waals surface area contributed by atoms with Crippen LogP contribution in [-0.4, -0.2) is 47.4 Å². The van der Waals surface area contributed by atoms with Crippen LogP contribution < -0.4 is 5.32 Å². The van der Waals surface area contributed by atoms with Crippen molar-refractivity contribution in [3.05, 3.63) is 24.3 Å². The predicted molar refractivity (Wildman–Crippen MR) is 287 cm³/mol. The highest BCUT2D eigenvalue weighted by Crippen LogP contribution is 2.17. The van der Waals surface area contributed by atoms with Crippen molar-refractivity contribution in [1.82, 2.24) is 5.32 Å². The van der Waals surface area contributed by atoms with Crippen LogP contribution in [0.1, 0.15) is 322 Å². The topological polar surface area (TPSA) is 95.9 Å². The molecule has 2 unspecified atom stereocenters. The summed E-state index contributed by atoms with van der Waals surface area (Å²) in [5, 5.41) is 23.1. The second-order valence-electron chi connectivity index (χ2n) is 20.3. The van der Waals surface area contributed by atoms with Gasteiger partial charge in [0.2, 0.25) is 5.91 Å². The summed E-state index contributed by atoms with van der Waals surface area (Å²) >= 11 is 0. The smallest absolute Gasteiger partial charge is 0.305 e. The largest absolute Gasteiger partial charge is 0.466 e. The number of carbonyl (C=O) groups is 2. The van der Waals surface area contributed by atoms with Crippen molar-refractivity contribution >= 4 is 11.9 Å². The number of aliphatic hydroxyl groups is 2. The molecule has 0 spiro atoms. The van der Waals surface area contributed by atoms with Crippen LogP contribution in [0.5, 0.6) is 0 Å². The Morgan fingerprint density at radius 3 is 1.08 bits per heavy atom. The molecule has 0 aromatic carbocycles. The molecule has 0 bridgehead atoms. The summed E-state index contributed by atoms with van der Waals surface area (Å²) in [6, 6.07) is -0.636. The summed E-state index contributed by atoms with van der Waals surface area (Å²) < 4.78 is 5.49. The molecule has 6 heteroatoms. The quantitative estimate of drug-likeness (QED) is 0.0321. The van der Waals surface area contributed by atoms with Crippen LogP contribution in [0.25, 0.3) is 0 Å². The van der Waals surface area contributed by atoms with Gasteiger partial charge in [-0.3, -0.25) is 9.59 Å². The maximum atomic E-state index is 12.4. The lowest BCUT2D eigenvalue weighted by atomic mass is 10.0. The highest BCUT2D eigenvalue weighted by Gasteiger charge is 2.18. The molecule has 0 aliphatic carbocycles. The summed E-state index contributed by atoms with van der Waals surface area (Å²) in [6.45, 7) is 4.90. The van der Waals surface area contributed by atoms with E-state index in [0.717, 1.165) is 57.8 Å². The van der Waals surface area contributed by atoms with Gasteiger partial charge in [0.1, 0.15) is 0 Å². The van der Waals surface area contributed by atoms with E-state index in [9.17, 15) is 19.8 Å². The molecule has 6 nitrogen and oxygen atoms in total. The van der Waals surface area contributed by atoms with Crippen molar-refractivity contribution in [3.8, 4) is 0 Å². The van der Waals surface area contributed by atoms with Gasteiger partial charge < -0.3 is 20.3 Å². The lowest BCUT2D eigenvalue weighted by molar-refractivity contribution is -0.143. The summed E-state index contributed by atoms with van der Waals surface area (Å²) in [7, 11) is 0. The molecule has 2 atom stereocenters. The minimum atomic E-state index is -0.851. The van der Waals surface area contributed by atoms with Crippen LogP contribution in [0.4, 0.5) is 0 Å². The van der Waals surface area contributed by atoms with Gasteiger partial charge in [0.05, 0.1) is 25.4 Å². The maximum absolute atomic E-state index is 12.4. The van der Waals surface area contributed by atoms with Crippen molar-refractivity contribution < 1.29 is 24.5 Å². The van der Waals surface area contributed by atoms with Gasteiger partial charge >= 0.3 is 5.97 Å². The maximum Gasteiger partial charge on any atom is 0.305 e. The van der Waals surface area contributed by atoms with Gasteiger partial charge in [-0.2, -0.15) is 0 Å². The van der Waals surface area contributed by atoms with Gasteiger partial charge in [0, 0.05) is 12.8 Å². The highest BCUT2D eigenvalue weighted by atomic mass is 16.5. The number of aliphatic hydroxyl groups excluding tert-OH is 2. The van der Waals surface area contributed by atoms with Crippen LogP contribution in [0, 0.1) is 0 Å². The van der Waals surface area contributed by atoms with E-state index in [1.54, 1.807) is 6.08 Å². The normalized spacial score (nSPS) is 12.7. The SMILES string of the molecule is CCCCCCCCCCCCCC/C=C/C(O)C(CO)NC(=O)CCCCCCCCC/C=C\CCCCCCCCOC(=O)CCCCCCCCCCCCCCCCCCCC. The first kappa shape index (κ1) is 64.3. The zero-order valence-corrected chi connectivity index (χ0v) is 44.4. The number of rotatable bonds is 55. The van der Waals surface area contributed by atoms with E-state index in [4.69, 9.17) is 4.74 Å². The molecule has 0 aromatic heterocycles. The molecule has 0 saturated heterocycles. The molecule has 0 saturated carbocycles. The van der Waals surface area contributed by atoms with Gasteiger partial charge in [0.25, 0.3) is 0 Å². The number of unbranched alkanes of at least 4 members (excludes halogenated alkanes) is 42. The van der Waals surface area contributed by atoms with Crippen LogP contribution >= 0.6 is 0 Å². The van der Waals surface area contributed by atoms with E-state index in [-0.39, 0.29) is 18.5 Å². The molecular formula is C60H115NO5. The van der Waals surface area contributed by atoms with Crippen LogP contribution in [0.3, 0.4) is 0 Å². The first-order valence-electron chi connectivity index (χ1n) is 29.6. The molecule has 0 rings (SSSR count). The fourth-order valence-corrected chi connectivity index (χ4v) is 9.16. The summed E-state index contributed by atoms with van der Waals surface area (Å²) in [4.78, 5) is 24.5. The average molecular weight is 931 g/mol. The van der Waals surface area contributed by atoms with E-state index in [2.05, 4.69) is 31.3 Å². The van der Waals surface area contributed by atoms with E-state index >= 15 is 0 Å². The second-order valence-corrected chi connectivity index (χ2v) is 20.3. The molecule has 0 aliphatic heterocycles. The number of nitrogens with one attached hydrogen (secondary N) is 1. The summed E-state index contributed by atoms with van der Waals surface area (Å²) in [5.74, 6) is -0.0773. The van der Waals surface area contributed by atoms with Crippen molar-refractivity contribution in [2.45, 2.75) is 334 Å². The third kappa shape index (κ3) is 51.7. The number of hydrogen-bond acceptors (Lipinski definition) is 5. The minimum absolute atomic E-state index is 0.00177. The zero-order valence-electron chi connectivity index (χ0n) is 44.4. The Morgan fingerprint density at radius 1 is 0.409 bits per heavy atom. The molecule has 1 amide bonds. The van der Waals surface area contributed by atoms with E-state index in [1.165, 1.54) is 238 Å². The van der Waals surface area contributed by atoms with Crippen LogP contribution in [-0.2, 0) is 14.3 Å². The minimum Gasteiger partial charge on any atom is -0.466 e. The molecule has 0 fully saturated rings. The summed E-state index contributed by atoms with van der Waals surface area (Å²) in [5.41, 5.74) is 0. The fraction of sp³-hybridized carbons (Fsp3) is 0.900. The third-order valence-corrected chi connectivity index (χ3v) is 13.7. The van der Waals surface area contributed by atoms with Crippen molar-refractivity contribution in [3.63, 3.8) is 0 Å². The van der Waals surface area contributed by atoms with E-state index < -0.39 is 12.1 Å². The summed E-state index contributed by atoms with van der Waals surface area (Å²) in [6.07, 6.45) is 67.7. The molecule has 0 radical (unpaired) electrons. The van der Waals surface area contributed by atoms with E-state index in [0.29, 0.717) is 19.4 Å². The standard InChI is InChI=1S/C60H115NO5/c1-3-5-7-9-11-13-15-17-19-20-23-26-30-34-38-42-46-50-54-60(65)66-55-51-47-43-39-35-31-27-24-21-22-25-29-33-37-41-45-49-53-59(64)61-57(56-62)58(63)52-48-44-40-36-32-28-18-16-14-12-10-8-6-4-2/h21,24,48,52,57-58,62-63H,3-20,22-23,25-47,49-51,53-56H2,1-2H3,(H,61,64)/b24-21-,52-48+. The first-order chi connectivity index (χ1) is 32.5. The Kier molecular flexibility index (Phi) is 54.5. The number of allylic oxidation sites excluding steroid dienone is 3. The molecule has 390 valence electrons. The highest BCUT2D eigenvalue weighted by molar-refractivity contribution is 5.76. The monoisotopic (exact) mass is 930 g/mol. The Labute approximate surface area is 411 Å². The molecular weight excluding hydrogens is 815 g/mol. The molecule has 66 heavy (non-hydrogen) atoms. The molecule has 0 aromatic rings. The number of hydrogen-bond donors (Lipinski definition) is 3. The number of amides is 1. The van der Waals surface area contributed by atoms with Crippen LogP contribution in [0.15, 0.2) is 24.3 Å². The van der Waals surface area contributed by atoms with Gasteiger partial charge in [-0.05, 0) is 57.8 Å². The lowest BCUT2D eigenvalue weighted by Gasteiger charge is -2.20. The van der Waals surface area contributed by atoms with E-state index in [1.807, 2.05) is 6.08 Å². The molecule has 0 aliphatic rings. The van der Waals surface area contributed by atoms with Gasteiger partial charge in [-0.25, -0.2) is 0 Å². The Balaban J connectivity index is 3.45. The van der Waals surface area contributed by atoms with Crippen LogP contribution in [0.2, 0.25) is 0 Å². The number of carbonyl (C=O) groups excluding carboxylic acids is 2. The van der Waals surface area contributed by atoms with Crippen molar-refractivity contribution in [1.29, 1.82) is 0 Å². The number of ether oxygens (including phenoxy) is 1. The molecule has 0 heterocycles. The average Bonchev–Trinajstić information content (AvgIpc) is 3.32. The Bertz CT molecular complexity index is 1030. The van der Waals surface area contributed by atoms with Gasteiger partial charge in [-0.1, -0.05) is 276 Å². The van der Waals surface area contributed by atoms with Crippen molar-refractivity contribution in [2.24, 2.45) is 0 Å².